The average Bonchev–Trinajstić information content (AvgIpc) is 3.07. The van der Waals surface area contributed by atoms with Crippen molar-refractivity contribution in [2.24, 2.45) is 12.0 Å². The fourth-order valence-electron chi connectivity index (χ4n) is 2.62. The third-order valence-corrected chi connectivity index (χ3v) is 3.68. The predicted molar refractivity (Wildman–Crippen MR) is 97.6 cm³/mol. The summed E-state index contributed by atoms with van der Waals surface area (Å²) in [7, 11) is 3.73. The molecule has 7 nitrogen and oxygen atoms in total. The Morgan fingerprint density at radius 1 is 1.45 bits per heavy atom. The van der Waals surface area contributed by atoms with Crippen LogP contribution in [0.4, 0.5) is 0 Å². The Balaban J connectivity index is 0.00000242. The van der Waals surface area contributed by atoms with Gasteiger partial charge in [0.25, 0.3) is 0 Å². The quantitative estimate of drug-likeness (QED) is 0.323. The summed E-state index contributed by atoms with van der Waals surface area (Å²) < 4.78 is 1.85. The first-order valence-electron chi connectivity index (χ1n) is 7.28. The summed E-state index contributed by atoms with van der Waals surface area (Å²) in [5.74, 6) is 1.39. The molecule has 1 saturated heterocycles. The number of likely N-dealkylation sites (tertiary alicyclic amines) is 1. The van der Waals surface area contributed by atoms with Gasteiger partial charge < -0.3 is 15.5 Å². The third kappa shape index (κ3) is 5.15. The number of amides is 1. The lowest BCUT2D eigenvalue weighted by atomic mass is 10.0. The number of nitrogens with one attached hydrogen (secondary N) is 2. The zero-order valence-electron chi connectivity index (χ0n) is 13.4. The van der Waals surface area contributed by atoms with Crippen molar-refractivity contribution in [1.82, 2.24) is 25.3 Å². The molecule has 2 heterocycles. The second kappa shape index (κ2) is 8.96. The first-order chi connectivity index (χ1) is 10.1. The summed E-state index contributed by atoms with van der Waals surface area (Å²) in [6.07, 6.45) is 5.14. The van der Waals surface area contributed by atoms with Gasteiger partial charge in [-0.15, -0.1) is 24.0 Å². The van der Waals surface area contributed by atoms with Crippen molar-refractivity contribution in [2.75, 3.05) is 33.2 Å². The fourth-order valence-corrected chi connectivity index (χ4v) is 2.62. The van der Waals surface area contributed by atoms with E-state index in [1.165, 1.54) is 12.5 Å². The number of halogens is 1. The van der Waals surface area contributed by atoms with Crippen LogP contribution >= 0.6 is 24.0 Å². The molecule has 1 aliphatic rings. The summed E-state index contributed by atoms with van der Waals surface area (Å²) in [5, 5.41) is 10.3. The molecular formula is C14H25IN6O. The number of aliphatic imine (C=N–C) groups is 1. The van der Waals surface area contributed by atoms with Crippen LogP contribution in [0.3, 0.4) is 0 Å². The van der Waals surface area contributed by atoms with E-state index >= 15 is 0 Å². The highest BCUT2D eigenvalue weighted by molar-refractivity contribution is 14.0. The molecule has 1 aromatic rings. The summed E-state index contributed by atoms with van der Waals surface area (Å²) in [5.41, 5.74) is 1.29. The molecule has 1 amide bonds. The van der Waals surface area contributed by atoms with Gasteiger partial charge in [-0.3, -0.25) is 14.5 Å². The molecule has 0 bridgehead atoms. The number of rotatable bonds is 4. The number of hydrogen-bond acceptors (Lipinski definition) is 3. The molecule has 1 aromatic heterocycles. The van der Waals surface area contributed by atoms with Crippen LogP contribution in [0.2, 0.25) is 0 Å². The molecule has 1 aliphatic heterocycles. The van der Waals surface area contributed by atoms with E-state index < -0.39 is 0 Å². The topological polar surface area (TPSA) is 74.6 Å². The van der Waals surface area contributed by atoms with Crippen LogP contribution in [0.1, 0.15) is 24.8 Å². The summed E-state index contributed by atoms with van der Waals surface area (Å²) in [4.78, 5) is 17.4. The standard InChI is InChI=1S/C14H24N6O.HI/c1-11(21)16-5-6-17-14(15-2)20-7-4-12(10-20)13-8-18-19(3)9-13;/h8-9,12H,4-7,10H2,1-3H3,(H,15,17)(H,16,21);1H. The lowest BCUT2D eigenvalue weighted by Crippen LogP contribution is -2.43. The maximum Gasteiger partial charge on any atom is 0.216 e. The van der Waals surface area contributed by atoms with Crippen LogP contribution < -0.4 is 10.6 Å². The van der Waals surface area contributed by atoms with Crippen molar-refractivity contribution < 1.29 is 4.79 Å². The van der Waals surface area contributed by atoms with E-state index in [4.69, 9.17) is 0 Å². The van der Waals surface area contributed by atoms with Crippen LogP contribution in [0.25, 0.3) is 0 Å². The van der Waals surface area contributed by atoms with Gasteiger partial charge in [-0.2, -0.15) is 5.10 Å². The average molecular weight is 420 g/mol. The molecule has 22 heavy (non-hydrogen) atoms. The number of carbonyl (C=O) groups excluding carboxylic acids is 1. The zero-order chi connectivity index (χ0) is 15.2. The normalized spacial score (nSPS) is 18.0. The van der Waals surface area contributed by atoms with Crippen molar-refractivity contribution in [3.05, 3.63) is 18.0 Å². The predicted octanol–water partition coefficient (Wildman–Crippen LogP) is 0.539. The summed E-state index contributed by atoms with van der Waals surface area (Å²) in [6, 6.07) is 0. The second-order valence-corrected chi connectivity index (χ2v) is 5.34. The van der Waals surface area contributed by atoms with E-state index in [1.54, 1.807) is 7.05 Å². The molecule has 2 rings (SSSR count). The lowest BCUT2D eigenvalue weighted by molar-refractivity contribution is -0.118. The first kappa shape index (κ1) is 18.7. The van der Waals surface area contributed by atoms with Crippen LogP contribution in [0.5, 0.6) is 0 Å². The molecule has 1 fully saturated rings. The number of aromatic nitrogens is 2. The Labute approximate surface area is 148 Å². The number of carbonyl (C=O) groups is 1. The van der Waals surface area contributed by atoms with Crippen LogP contribution in [0.15, 0.2) is 17.4 Å². The van der Waals surface area contributed by atoms with E-state index in [1.807, 2.05) is 17.9 Å². The van der Waals surface area contributed by atoms with Gasteiger partial charge in [-0.25, -0.2) is 0 Å². The SMILES string of the molecule is CN=C(NCCNC(C)=O)N1CCC(c2cnn(C)c2)C1.I. The van der Waals surface area contributed by atoms with Crippen LogP contribution in [-0.2, 0) is 11.8 Å². The van der Waals surface area contributed by atoms with Crippen LogP contribution in [-0.4, -0.2) is 59.8 Å². The number of aryl methyl sites for hydroxylation is 1. The molecule has 1 atom stereocenters. The van der Waals surface area contributed by atoms with Gasteiger partial charge in [-0.05, 0) is 12.0 Å². The molecule has 8 heteroatoms. The number of hydrogen-bond donors (Lipinski definition) is 2. The molecule has 2 N–H and O–H groups in total. The molecule has 124 valence electrons. The van der Waals surface area contributed by atoms with E-state index in [-0.39, 0.29) is 29.9 Å². The Bertz CT molecular complexity index is 515. The van der Waals surface area contributed by atoms with Crippen molar-refractivity contribution in [3.8, 4) is 0 Å². The van der Waals surface area contributed by atoms with E-state index in [9.17, 15) is 4.79 Å². The lowest BCUT2D eigenvalue weighted by Gasteiger charge is -2.21. The van der Waals surface area contributed by atoms with Gasteiger partial charge in [0.05, 0.1) is 6.20 Å². The Morgan fingerprint density at radius 2 is 2.18 bits per heavy atom. The first-order valence-corrected chi connectivity index (χ1v) is 7.28. The minimum atomic E-state index is -0.00963. The van der Waals surface area contributed by atoms with E-state index in [0.29, 0.717) is 19.0 Å². The molecule has 0 spiro atoms. The highest BCUT2D eigenvalue weighted by atomic mass is 127. The Morgan fingerprint density at radius 3 is 2.77 bits per heavy atom. The van der Waals surface area contributed by atoms with E-state index in [2.05, 4.69) is 31.8 Å². The third-order valence-electron chi connectivity index (χ3n) is 3.68. The second-order valence-electron chi connectivity index (χ2n) is 5.34. The Hall–Kier alpha value is -1.32. The molecule has 1 unspecified atom stereocenters. The molecule has 0 aromatic carbocycles. The minimum absolute atomic E-state index is 0. The van der Waals surface area contributed by atoms with Gasteiger partial charge in [0.15, 0.2) is 5.96 Å². The Kier molecular flexibility index (Phi) is 7.63. The van der Waals surface area contributed by atoms with Crippen molar-refractivity contribution in [1.29, 1.82) is 0 Å². The highest BCUT2D eigenvalue weighted by Crippen LogP contribution is 2.26. The number of guanidine groups is 1. The minimum Gasteiger partial charge on any atom is -0.355 e. The van der Waals surface area contributed by atoms with Gasteiger partial charge >= 0.3 is 0 Å². The van der Waals surface area contributed by atoms with Gasteiger partial charge in [0, 0.05) is 59.3 Å². The van der Waals surface area contributed by atoms with Crippen molar-refractivity contribution in [3.63, 3.8) is 0 Å². The smallest absolute Gasteiger partial charge is 0.216 e. The van der Waals surface area contributed by atoms with Crippen LogP contribution in [0, 0.1) is 0 Å². The summed E-state index contributed by atoms with van der Waals surface area (Å²) in [6.45, 7) is 4.74. The van der Waals surface area contributed by atoms with Crippen molar-refractivity contribution in [2.45, 2.75) is 19.3 Å². The zero-order valence-corrected chi connectivity index (χ0v) is 15.7. The highest BCUT2D eigenvalue weighted by Gasteiger charge is 2.26. The molecule has 0 radical (unpaired) electrons. The maximum absolute atomic E-state index is 10.8. The largest absolute Gasteiger partial charge is 0.355 e. The van der Waals surface area contributed by atoms with Gasteiger partial charge in [0.2, 0.25) is 5.91 Å². The van der Waals surface area contributed by atoms with Crippen molar-refractivity contribution >= 4 is 35.8 Å². The summed E-state index contributed by atoms with van der Waals surface area (Å²) >= 11 is 0. The maximum atomic E-state index is 10.8. The van der Waals surface area contributed by atoms with E-state index in [0.717, 1.165) is 25.5 Å². The fraction of sp³-hybridized carbons (Fsp3) is 0.643. The van der Waals surface area contributed by atoms with Gasteiger partial charge in [0.1, 0.15) is 0 Å². The molecule has 0 aliphatic carbocycles. The molecular weight excluding hydrogens is 395 g/mol. The molecule has 0 saturated carbocycles. The van der Waals surface area contributed by atoms with Gasteiger partial charge in [-0.1, -0.05) is 0 Å². The number of nitrogens with zero attached hydrogens (tertiary/aromatic N) is 4. The monoisotopic (exact) mass is 420 g/mol.